The summed E-state index contributed by atoms with van der Waals surface area (Å²) in [6, 6.07) is 9.62. The molecule has 29 heavy (non-hydrogen) atoms. The lowest BCUT2D eigenvalue weighted by Crippen LogP contribution is -2.32. The minimum absolute atomic E-state index is 0.0302. The molecule has 152 valence electrons. The molecule has 0 unspecified atom stereocenters. The zero-order valence-electron chi connectivity index (χ0n) is 16.0. The maximum atomic E-state index is 12.8. The van der Waals surface area contributed by atoms with Gasteiger partial charge in [0.1, 0.15) is 13.2 Å². The Morgan fingerprint density at radius 2 is 2.07 bits per heavy atom. The van der Waals surface area contributed by atoms with E-state index in [2.05, 4.69) is 10.2 Å². The highest BCUT2D eigenvalue weighted by Crippen LogP contribution is 2.34. The molecule has 1 aromatic carbocycles. The molecule has 0 bridgehead atoms. The first-order chi connectivity index (χ1) is 14.2. The van der Waals surface area contributed by atoms with Crippen molar-refractivity contribution >= 4 is 29.0 Å². The number of fused-ring (bicyclic) bond motifs is 1. The Morgan fingerprint density at radius 1 is 1.21 bits per heavy atom. The van der Waals surface area contributed by atoms with Crippen LogP contribution in [0, 0.1) is 0 Å². The quantitative estimate of drug-likeness (QED) is 0.497. The summed E-state index contributed by atoms with van der Waals surface area (Å²) < 4.78 is 16.9. The first-order valence-corrected chi connectivity index (χ1v) is 11.3. The van der Waals surface area contributed by atoms with Crippen LogP contribution in [0.2, 0.25) is 0 Å². The number of benzene rings is 1. The first-order valence-electron chi connectivity index (χ1n) is 9.39. The van der Waals surface area contributed by atoms with Gasteiger partial charge in [-0.05, 0) is 36.1 Å². The zero-order valence-corrected chi connectivity index (χ0v) is 17.6. The number of amides is 1. The minimum atomic E-state index is 0.0302. The number of carbonyl (C=O) groups is 1. The van der Waals surface area contributed by atoms with Crippen LogP contribution in [0.1, 0.15) is 19.2 Å². The second-order valence-corrected chi connectivity index (χ2v) is 8.38. The predicted octanol–water partition coefficient (Wildman–Crippen LogP) is 4.10. The number of carbonyl (C=O) groups excluding carboxylic acids is 1. The highest BCUT2D eigenvalue weighted by Gasteiger charge is 2.19. The average Bonchev–Trinajstić information content (AvgIpc) is 3.43. The van der Waals surface area contributed by atoms with Crippen molar-refractivity contribution < 1.29 is 18.7 Å². The van der Waals surface area contributed by atoms with Gasteiger partial charge in [-0.1, -0.05) is 13.0 Å². The lowest BCUT2D eigenvalue weighted by molar-refractivity contribution is -0.129. The molecule has 1 amide bonds. The molecular formula is C20H21N3O4S2. The van der Waals surface area contributed by atoms with E-state index in [0.29, 0.717) is 43.8 Å². The van der Waals surface area contributed by atoms with Gasteiger partial charge in [0.05, 0.1) is 17.2 Å². The lowest BCUT2D eigenvalue weighted by Gasteiger charge is -2.21. The molecule has 0 fully saturated rings. The Morgan fingerprint density at radius 3 is 2.86 bits per heavy atom. The average molecular weight is 432 g/mol. The van der Waals surface area contributed by atoms with E-state index in [1.54, 1.807) is 16.2 Å². The van der Waals surface area contributed by atoms with Crippen LogP contribution >= 0.6 is 23.1 Å². The van der Waals surface area contributed by atoms with Gasteiger partial charge in [-0.25, -0.2) is 0 Å². The van der Waals surface area contributed by atoms with Crippen molar-refractivity contribution in [2.75, 3.05) is 25.5 Å². The van der Waals surface area contributed by atoms with Crippen LogP contribution in [0.5, 0.6) is 11.5 Å². The Balaban J connectivity index is 1.37. The summed E-state index contributed by atoms with van der Waals surface area (Å²) in [6.07, 6.45) is 0.854. The molecule has 3 heterocycles. The van der Waals surface area contributed by atoms with E-state index in [9.17, 15) is 4.79 Å². The summed E-state index contributed by atoms with van der Waals surface area (Å²) in [7, 11) is 0. The van der Waals surface area contributed by atoms with Gasteiger partial charge in [-0.2, -0.15) is 0 Å². The number of thiophene rings is 1. The van der Waals surface area contributed by atoms with Crippen molar-refractivity contribution in [2.24, 2.45) is 0 Å². The third-order valence-electron chi connectivity index (χ3n) is 4.25. The third kappa shape index (κ3) is 4.91. The van der Waals surface area contributed by atoms with Crippen LogP contribution in [-0.4, -0.2) is 46.5 Å². The summed E-state index contributed by atoms with van der Waals surface area (Å²) in [5.41, 5.74) is 0. The normalized spacial score (nSPS) is 12.7. The second kappa shape index (κ2) is 9.32. The van der Waals surface area contributed by atoms with E-state index in [0.717, 1.165) is 27.7 Å². The van der Waals surface area contributed by atoms with Gasteiger partial charge >= 0.3 is 0 Å². The molecule has 9 heteroatoms. The Bertz CT molecular complexity index is 959. The summed E-state index contributed by atoms with van der Waals surface area (Å²) >= 11 is 3.02. The molecule has 3 aromatic rings. The van der Waals surface area contributed by atoms with Gasteiger partial charge in [0.2, 0.25) is 11.8 Å². The van der Waals surface area contributed by atoms with Crippen molar-refractivity contribution in [2.45, 2.75) is 24.8 Å². The number of hydrogen-bond acceptors (Lipinski definition) is 8. The molecule has 2 aromatic heterocycles. The molecule has 4 rings (SSSR count). The van der Waals surface area contributed by atoms with Crippen LogP contribution < -0.4 is 9.47 Å². The van der Waals surface area contributed by atoms with Gasteiger partial charge in [-0.15, -0.1) is 33.3 Å². The number of nitrogens with zero attached hydrogens (tertiary/aromatic N) is 3. The molecule has 0 saturated carbocycles. The molecule has 1 aliphatic rings. The molecule has 0 radical (unpaired) electrons. The first kappa shape index (κ1) is 19.8. The highest BCUT2D eigenvalue weighted by molar-refractivity contribution is 8.00. The van der Waals surface area contributed by atoms with Crippen molar-refractivity contribution in [3.05, 3.63) is 41.6 Å². The molecule has 0 spiro atoms. The zero-order chi connectivity index (χ0) is 20.1. The molecule has 0 saturated heterocycles. The lowest BCUT2D eigenvalue weighted by atomic mass is 10.3. The second-order valence-electron chi connectivity index (χ2n) is 6.39. The monoisotopic (exact) mass is 431 g/mol. The standard InChI is InChI=1S/C20H21N3O4S2/c1-2-7-23(12-18-21-22-20(27-18)17-4-3-10-28-17)19(24)13-29-14-5-6-15-16(11-14)26-9-8-25-15/h3-6,10-11H,2,7-9,12-13H2,1H3. The van der Waals surface area contributed by atoms with Gasteiger partial charge in [0.15, 0.2) is 11.5 Å². The fraction of sp³-hybridized carbons (Fsp3) is 0.350. The van der Waals surface area contributed by atoms with Crippen molar-refractivity contribution in [3.63, 3.8) is 0 Å². The summed E-state index contributed by atoms with van der Waals surface area (Å²) in [6.45, 7) is 4.10. The number of thioether (sulfide) groups is 1. The van der Waals surface area contributed by atoms with E-state index >= 15 is 0 Å². The minimum Gasteiger partial charge on any atom is -0.486 e. The number of aromatic nitrogens is 2. The Kier molecular flexibility index (Phi) is 6.36. The summed E-state index contributed by atoms with van der Waals surface area (Å²) in [4.78, 5) is 16.4. The smallest absolute Gasteiger partial charge is 0.257 e. The SMILES string of the molecule is CCCN(Cc1nnc(-c2cccs2)o1)C(=O)CSc1ccc2c(c1)OCCO2. The van der Waals surface area contributed by atoms with Crippen LogP contribution in [0.3, 0.4) is 0 Å². The number of rotatable bonds is 8. The maximum Gasteiger partial charge on any atom is 0.257 e. The molecular weight excluding hydrogens is 410 g/mol. The number of ether oxygens (including phenoxy) is 2. The van der Waals surface area contributed by atoms with E-state index < -0.39 is 0 Å². The summed E-state index contributed by atoms with van der Waals surface area (Å²) in [5, 5.41) is 10.2. The van der Waals surface area contributed by atoms with Crippen LogP contribution in [0.25, 0.3) is 10.8 Å². The van der Waals surface area contributed by atoms with Gasteiger partial charge in [0, 0.05) is 11.4 Å². The van der Waals surface area contributed by atoms with E-state index in [1.165, 1.54) is 11.8 Å². The molecule has 0 atom stereocenters. The van der Waals surface area contributed by atoms with Gasteiger partial charge in [0.25, 0.3) is 5.89 Å². The summed E-state index contributed by atoms with van der Waals surface area (Å²) in [5.74, 6) is 2.77. The molecule has 0 aliphatic carbocycles. The molecule has 0 N–H and O–H groups in total. The Labute approximate surface area is 177 Å². The third-order valence-corrected chi connectivity index (χ3v) is 6.08. The maximum absolute atomic E-state index is 12.8. The highest BCUT2D eigenvalue weighted by atomic mass is 32.2. The Hall–Kier alpha value is -2.52. The topological polar surface area (TPSA) is 77.7 Å². The molecule has 1 aliphatic heterocycles. The fourth-order valence-electron chi connectivity index (χ4n) is 2.89. The predicted molar refractivity (Wildman–Crippen MR) is 111 cm³/mol. The van der Waals surface area contributed by atoms with Crippen LogP contribution in [0.15, 0.2) is 45.0 Å². The number of hydrogen-bond donors (Lipinski definition) is 0. The van der Waals surface area contributed by atoms with Crippen molar-refractivity contribution in [1.82, 2.24) is 15.1 Å². The fourth-order valence-corrected chi connectivity index (χ4v) is 4.36. The van der Waals surface area contributed by atoms with E-state index in [-0.39, 0.29) is 5.91 Å². The van der Waals surface area contributed by atoms with Crippen molar-refractivity contribution in [3.8, 4) is 22.3 Å². The van der Waals surface area contributed by atoms with E-state index in [1.807, 2.05) is 42.6 Å². The largest absolute Gasteiger partial charge is 0.486 e. The van der Waals surface area contributed by atoms with Crippen molar-refractivity contribution in [1.29, 1.82) is 0 Å². The van der Waals surface area contributed by atoms with Gasteiger partial charge < -0.3 is 18.8 Å². The van der Waals surface area contributed by atoms with Crippen LogP contribution in [-0.2, 0) is 11.3 Å². The van der Waals surface area contributed by atoms with E-state index in [4.69, 9.17) is 13.9 Å². The molecule has 7 nitrogen and oxygen atoms in total. The van der Waals surface area contributed by atoms with Gasteiger partial charge in [-0.3, -0.25) is 4.79 Å². The van der Waals surface area contributed by atoms with Crippen LogP contribution in [0.4, 0.5) is 0 Å².